The van der Waals surface area contributed by atoms with Crippen molar-refractivity contribution in [2.75, 3.05) is 26.1 Å². The molecule has 0 bridgehead atoms. The zero-order valence-electron chi connectivity index (χ0n) is 15.9. The van der Waals surface area contributed by atoms with Crippen molar-refractivity contribution in [2.45, 2.75) is 4.90 Å². The second-order valence-corrected chi connectivity index (χ2v) is 7.78. The molecule has 0 fully saturated rings. The third kappa shape index (κ3) is 3.42. The summed E-state index contributed by atoms with van der Waals surface area (Å²) in [5.41, 5.74) is 5.61. The summed E-state index contributed by atoms with van der Waals surface area (Å²) in [6, 6.07) is 19.6. The van der Waals surface area contributed by atoms with Crippen LogP contribution in [0.3, 0.4) is 0 Å². The van der Waals surface area contributed by atoms with Gasteiger partial charge >= 0.3 is 0 Å². The van der Waals surface area contributed by atoms with Crippen molar-refractivity contribution in [3.8, 4) is 22.5 Å². The van der Waals surface area contributed by atoms with Crippen LogP contribution in [0, 0.1) is 0 Å². The zero-order valence-corrected chi connectivity index (χ0v) is 16.7. The highest BCUT2D eigenvalue weighted by Gasteiger charge is 2.11. The molecule has 0 radical (unpaired) electrons. The lowest BCUT2D eigenvalue weighted by atomic mass is 10.1. The first-order valence-corrected chi connectivity index (χ1v) is 9.83. The van der Waals surface area contributed by atoms with Gasteiger partial charge in [0.25, 0.3) is 0 Å². The first-order valence-electron chi connectivity index (χ1n) is 8.76. The second kappa shape index (κ2) is 7.53. The average Bonchev–Trinajstić information content (AvgIpc) is 3.16. The Bertz CT molecular complexity index is 1150. The van der Waals surface area contributed by atoms with Crippen molar-refractivity contribution in [3.63, 3.8) is 0 Å². The Kier molecular flexibility index (Phi) is 4.93. The molecule has 1 unspecified atom stereocenters. The third-order valence-corrected chi connectivity index (χ3v) is 5.47. The summed E-state index contributed by atoms with van der Waals surface area (Å²) in [7, 11) is 5.46. The number of rotatable bonds is 5. The summed E-state index contributed by atoms with van der Waals surface area (Å²) in [6.07, 6.45) is 1.80. The fourth-order valence-electron chi connectivity index (χ4n) is 3.00. The number of hydrogen-bond donors (Lipinski definition) is 0. The summed E-state index contributed by atoms with van der Waals surface area (Å²) < 4.78 is 18.5. The zero-order chi connectivity index (χ0) is 19.7. The Morgan fingerprint density at radius 1 is 1.00 bits per heavy atom. The predicted octanol–water partition coefficient (Wildman–Crippen LogP) is 3.80. The van der Waals surface area contributed by atoms with E-state index in [4.69, 9.17) is 9.28 Å². The smallest absolute Gasteiger partial charge is 0.188 e. The number of nitrogens with zero attached hydrogens (tertiary/aromatic N) is 4. The van der Waals surface area contributed by atoms with Gasteiger partial charge in [-0.3, -0.25) is 4.18 Å². The van der Waals surface area contributed by atoms with Crippen LogP contribution in [0.1, 0.15) is 0 Å². The fourth-order valence-corrected chi connectivity index (χ4v) is 3.55. The highest BCUT2D eigenvalue weighted by Crippen LogP contribution is 2.25. The molecule has 0 N–H and O–H groups in total. The van der Waals surface area contributed by atoms with Crippen LogP contribution in [0.15, 0.2) is 71.8 Å². The van der Waals surface area contributed by atoms with E-state index in [1.165, 1.54) is 7.11 Å². The number of benzene rings is 2. The van der Waals surface area contributed by atoms with Crippen molar-refractivity contribution in [1.82, 2.24) is 14.6 Å². The van der Waals surface area contributed by atoms with Crippen molar-refractivity contribution < 1.29 is 8.39 Å². The summed E-state index contributed by atoms with van der Waals surface area (Å²) in [5, 5.41) is 4.81. The molecule has 0 aliphatic rings. The maximum Gasteiger partial charge on any atom is 0.188 e. The van der Waals surface area contributed by atoms with Gasteiger partial charge in [0, 0.05) is 30.9 Å². The number of aromatic nitrogens is 3. The largest absolute Gasteiger partial charge is 0.378 e. The molecule has 2 heterocycles. The Labute approximate surface area is 166 Å². The monoisotopic (exact) mass is 392 g/mol. The van der Waals surface area contributed by atoms with Crippen LogP contribution in [-0.4, -0.2) is 40.0 Å². The standard InChI is InChI=1S/C21H20N4O2S/c1-24(2)17-6-4-5-16(13-17)19-11-12-21-22-14-20(25(21)23-19)15-7-9-18(10-8-15)28(26)27-3/h4-14H,1-3H3. The lowest BCUT2D eigenvalue weighted by molar-refractivity contribution is 0.446. The Morgan fingerprint density at radius 3 is 2.50 bits per heavy atom. The molecule has 0 amide bonds. The van der Waals surface area contributed by atoms with E-state index in [1.807, 2.05) is 55.0 Å². The van der Waals surface area contributed by atoms with E-state index < -0.39 is 11.1 Å². The van der Waals surface area contributed by atoms with E-state index in [2.05, 4.69) is 22.0 Å². The minimum Gasteiger partial charge on any atom is -0.378 e. The van der Waals surface area contributed by atoms with Gasteiger partial charge in [-0.2, -0.15) is 5.10 Å². The molecule has 0 saturated carbocycles. The van der Waals surface area contributed by atoms with Gasteiger partial charge in [-0.25, -0.2) is 13.7 Å². The lowest BCUT2D eigenvalue weighted by Crippen LogP contribution is -2.08. The predicted molar refractivity (Wildman–Crippen MR) is 112 cm³/mol. The van der Waals surface area contributed by atoms with E-state index >= 15 is 0 Å². The van der Waals surface area contributed by atoms with E-state index in [0.717, 1.165) is 33.8 Å². The normalized spacial score (nSPS) is 12.2. The first kappa shape index (κ1) is 18.3. The maximum absolute atomic E-state index is 11.8. The molecule has 0 aliphatic heterocycles. The van der Waals surface area contributed by atoms with Gasteiger partial charge in [-0.1, -0.05) is 24.3 Å². The number of hydrogen-bond acceptors (Lipinski definition) is 5. The van der Waals surface area contributed by atoms with Crippen LogP contribution in [0.2, 0.25) is 0 Å². The highest BCUT2D eigenvalue weighted by molar-refractivity contribution is 7.80. The summed E-state index contributed by atoms with van der Waals surface area (Å²) >= 11 is -1.45. The van der Waals surface area contributed by atoms with Crippen LogP contribution in [0.5, 0.6) is 0 Å². The minimum atomic E-state index is -1.45. The fraction of sp³-hybridized carbons (Fsp3) is 0.143. The molecule has 2 aromatic carbocycles. The van der Waals surface area contributed by atoms with E-state index in [-0.39, 0.29) is 0 Å². The first-order chi connectivity index (χ1) is 13.6. The van der Waals surface area contributed by atoms with Gasteiger partial charge in [-0.15, -0.1) is 0 Å². The van der Waals surface area contributed by atoms with Gasteiger partial charge < -0.3 is 4.90 Å². The number of fused-ring (bicyclic) bond motifs is 1. The van der Waals surface area contributed by atoms with Gasteiger partial charge in [-0.05, 0) is 36.4 Å². The molecule has 28 heavy (non-hydrogen) atoms. The number of imidazole rings is 1. The molecule has 0 spiro atoms. The van der Waals surface area contributed by atoms with Crippen molar-refractivity contribution in [3.05, 3.63) is 66.9 Å². The summed E-state index contributed by atoms with van der Waals surface area (Å²) in [5.74, 6) is 0. The second-order valence-electron chi connectivity index (χ2n) is 6.50. The van der Waals surface area contributed by atoms with Crippen LogP contribution < -0.4 is 4.90 Å². The Morgan fingerprint density at radius 2 is 1.79 bits per heavy atom. The topological polar surface area (TPSA) is 59.7 Å². The Hall–Kier alpha value is -3.03. The van der Waals surface area contributed by atoms with E-state index in [0.29, 0.717) is 4.90 Å². The summed E-state index contributed by atoms with van der Waals surface area (Å²) in [4.78, 5) is 7.14. The van der Waals surface area contributed by atoms with Crippen molar-refractivity contribution >= 4 is 22.4 Å². The van der Waals surface area contributed by atoms with Crippen molar-refractivity contribution in [2.24, 2.45) is 0 Å². The lowest BCUT2D eigenvalue weighted by Gasteiger charge is -2.13. The van der Waals surface area contributed by atoms with Crippen molar-refractivity contribution in [1.29, 1.82) is 0 Å². The maximum atomic E-state index is 11.8. The number of anilines is 1. The highest BCUT2D eigenvalue weighted by atomic mass is 32.2. The molecule has 1 atom stereocenters. The van der Waals surface area contributed by atoms with E-state index in [1.54, 1.807) is 18.3 Å². The molecule has 2 aromatic heterocycles. The molecule has 4 aromatic rings. The summed E-state index contributed by atoms with van der Waals surface area (Å²) in [6.45, 7) is 0. The molecule has 4 rings (SSSR count). The van der Waals surface area contributed by atoms with Crippen LogP contribution in [-0.2, 0) is 15.3 Å². The quantitative estimate of drug-likeness (QED) is 0.517. The SMILES string of the molecule is COS(=O)c1ccc(-c2cnc3ccc(-c4cccc(N(C)C)c4)nn23)cc1. The van der Waals surface area contributed by atoms with Crippen LogP contribution in [0.4, 0.5) is 5.69 Å². The third-order valence-electron chi connectivity index (χ3n) is 4.51. The van der Waals surface area contributed by atoms with Crippen LogP contribution >= 0.6 is 0 Å². The molecule has 6 nitrogen and oxygen atoms in total. The Balaban J connectivity index is 1.76. The van der Waals surface area contributed by atoms with Gasteiger partial charge in [0.2, 0.25) is 0 Å². The molecule has 0 saturated heterocycles. The minimum absolute atomic E-state index is 0.620. The molecule has 7 heteroatoms. The van der Waals surface area contributed by atoms with Gasteiger partial charge in [0.1, 0.15) is 0 Å². The van der Waals surface area contributed by atoms with Gasteiger partial charge in [0.15, 0.2) is 16.7 Å². The molecular formula is C21H20N4O2S. The molecule has 142 valence electrons. The average molecular weight is 392 g/mol. The van der Waals surface area contributed by atoms with Crippen LogP contribution in [0.25, 0.3) is 28.2 Å². The van der Waals surface area contributed by atoms with Gasteiger partial charge in [0.05, 0.1) is 29.6 Å². The molecule has 0 aliphatic carbocycles. The molecular weight excluding hydrogens is 372 g/mol. The van der Waals surface area contributed by atoms with E-state index in [9.17, 15) is 4.21 Å².